The van der Waals surface area contributed by atoms with Crippen LogP contribution in [0.25, 0.3) is 11.1 Å². The minimum atomic E-state index is -4.90. The number of halogens is 3. The van der Waals surface area contributed by atoms with Crippen molar-refractivity contribution in [2.75, 3.05) is 0 Å². The molecule has 2 saturated carbocycles. The standard InChI is InChI=1S/C22H22F3N3O4S.C3H8O/c1-12-19(13(2)32-28-12)14-4-6-18(17(10-14)22(23,24)25)33(30,31)16-5-3-15(9-16)20(29)27-21(11-26)7-8-21;1-3(2)4/h4,6,10,15-16H,3,5,7-9H2,1-2H3,(H,27,29);3-4H,1-2H3/t15-,16-;/m1./s1. The van der Waals surface area contributed by atoms with E-state index in [1.165, 1.54) is 6.07 Å². The zero-order valence-corrected chi connectivity index (χ0v) is 21.8. The third-order valence-corrected chi connectivity index (χ3v) is 8.71. The number of nitrogens with zero attached hydrogens (tertiary/aromatic N) is 2. The second kappa shape index (κ2) is 10.5. The maximum absolute atomic E-state index is 13.9. The van der Waals surface area contributed by atoms with Gasteiger partial charge in [0.1, 0.15) is 11.3 Å². The molecule has 0 spiro atoms. The minimum absolute atomic E-state index is 0.0723. The Hall–Kier alpha value is -2.91. The van der Waals surface area contributed by atoms with E-state index in [1.54, 1.807) is 27.7 Å². The van der Waals surface area contributed by atoms with E-state index < -0.39 is 49.1 Å². The number of aryl methyl sites for hydroxylation is 2. The van der Waals surface area contributed by atoms with Crippen molar-refractivity contribution in [2.24, 2.45) is 5.92 Å². The first kappa shape index (κ1) is 28.7. The fourth-order valence-corrected chi connectivity index (χ4v) is 6.45. The van der Waals surface area contributed by atoms with Crippen LogP contribution in [0.3, 0.4) is 0 Å². The lowest BCUT2D eigenvalue weighted by Gasteiger charge is -2.19. The van der Waals surface area contributed by atoms with E-state index in [-0.39, 0.29) is 30.9 Å². The third kappa shape index (κ3) is 6.33. The molecule has 0 radical (unpaired) electrons. The summed E-state index contributed by atoms with van der Waals surface area (Å²) in [7, 11) is -4.36. The molecule has 2 fully saturated rings. The lowest BCUT2D eigenvalue weighted by molar-refractivity contribution is -0.139. The van der Waals surface area contributed by atoms with Gasteiger partial charge in [-0.1, -0.05) is 11.2 Å². The molecule has 1 amide bonds. The van der Waals surface area contributed by atoms with E-state index in [9.17, 15) is 26.4 Å². The zero-order chi connectivity index (χ0) is 27.8. The van der Waals surface area contributed by atoms with Gasteiger partial charge in [0.2, 0.25) is 5.91 Å². The van der Waals surface area contributed by atoms with Crippen LogP contribution in [0.4, 0.5) is 13.2 Å². The number of aromatic nitrogens is 1. The summed E-state index contributed by atoms with van der Waals surface area (Å²) in [4.78, 5) is 11.7. The maximum atomic E-state index is 13.9. The van der Waals surface area contributed by atoms with Crippen molar-refractivity contribution in [3.05, 3.63) is 35.2 Å². The Labute approximate surface area is 213 Å². The Morgan fingerprint density at radius 1 is 1.27 bits per heavy atom. The monoisotopic (exact) mass is 541 g/mol. The maximum Gasteiger partial charge on any atom is 0.417 e. The molecular formula is C25H30F3N3O5S. The van der Waals surface area contributed by atoms with Gasteiger partial charge in [-0.3, -0.25) is 4.79 Å². The van der Waals surface area contributed by atoms with Crippen molar-refractivity contribution in [3.8, 4) is 17.2 Å². The van der Waals surface area contributed by atoms with Crippen molar-refractivity contribution < 1.29 is 36.0 Å². The summed E-state index contributed by atoms with van der Waals surface area (Å²) < 4.78 is 73.3. The van der Waals surface area contributed by atoms with Crippen LogP contribution in [0.2, 0.25) is 0 Å². The number of amides is 1. The van der Waals surface area contributed by atoms with E-state index in [1.807, 2.05) is 6.07 Å². The van der Waals surface area contributed by atoms with Crippen LogP contribution in [0.15, 0.2) is 27.6 Å². The molecule has 0 saturated heterocycles. The van der Waals surface area contributed by atoms with Crippen LogP contribution < -0.4 is 5.32 Å². The van der Waals surface area contributed by atoms with Gasteiger partial charge in [-0.25, -0.2) is 8.42 Å². The smallest absolute Gasteiger partial charge is 0.394 e. The normalized spacial score (nSPS) is 20.6. The average molecular weight is 542 g/mol. The second-order valence-electron chi connectivity index (χ2n) is 9.86. The number of aliphatic hydroxyl groups excluding tert-OH is 1. The molecule has 1 aromatic carbocycles. The number of rotatable bonds is 5. The fraction of sp³-hybridized carbons (Fsp3) is 0.560. The van der Waals surface area contributed by atoms with Crippen molar-refractivity contribution in [3.63, 3.8) is 0 Å². The molecule has 2 aromatic rings. The van der Waals surface area contributed by atoms with Gasteiger partial charge in [0.15, 0.2) is 9.84 Å². The largest absolute Gasteiger partial charge is 0.417 e. The molecule has 0 aliphatic heterocycles. The topological polar surface area (TPSA) is 133 Å². The minimum Gasteiger partial charge on any atom is -0.394 e. The molecule has 8 nitrogen and oxygen atoms in total. The highest BCUT2D eigenvalue weighted by atomic mass is 32.2. The molecule has 37 heavy (non-hydrogen) atoms. The van der Waals surface area contributed by atoms with Gasteiger partial charge in [-0.2, -0.15) is 18.4 Å². The predicted octanol–water partition coefficient (Wildman–Crippen LogP) is 4.48. The summed E-state index contributed by atoms with van der Waals surface area (Å²) in [6.07, 6.45) is -3.78. The number of benzene rings is 1. The van der Waals surface area contributed by atoms with Gasteiger partial charge >= 0.3 is 6.18 Å². The summed E-state index contributed by atoms with van der Waals surface area (Å²) in [5.41, 5.74) is -1.20. The fourth-order valence-electron chi connectivity index (χ4n) is 4.42. The summed E-state index contributed by atoms with van der Waals surface area (Å²) in [6.45, 7) is 6.60. The van der Waals surface area contributed by atoms with Crippen LogP contribution in [-0.4, -0.2) is 41.5 Å². The molecule has 1 heterocycles. The molecule has 0 bridgehead atoms. The lowest BCUT2D eigenvalue weighted by Crippen LogP contribution is -2.39. The van der Waals surface area contributed by atoms with E-state index in [2.05, 4.69) is 10.5 Å². The van der Waals surface area contributed by atoms with E-state index >= 15 is 0 Å². The summed E-state index contributed by atoms with van der Waals surface area (Å²) in [5.74, 6) is -0.755. The number of carbonyl (C=O) groups excluding carboxylic acids is 1. The SMILES string of the molecule is CC(C)O.Cc1noc(C)c1-c1ccc(S(=O)(=O)[C@@H]2CC[C@@H](C(=O)NC3(C#N)CC3)C2)c(C(F)(F)F)c1. The molecular weight excluding hydrogens is 511 g/mol. The molecule has 2 aliphatic rings. The van der Waals surface area contributed by atoms with Gasteiger partial charge < -0.3 is 14.9 Å². The van der Waals surface area contributed by atoms with Crippen LogP contribution in [-0.2, 0) is 20.8 Å². The highest BCUT2D eigenvalue weighted by Crippen LogP contribution is 2.42. The first-order chi connectivity index (χ1) is 17.1. The van der Waals surface area contributed by atoms with Gasteiger partial charge in [-0.05, 0) is 77.5 Å². The molecule has 2 atom stereocenters. The number of aliphatic hydroxyl groups is 1. The molecule has 1 aromatic heterocycles. The highest BCUT2D eigenvalue weighted by molar-refractivity contribution is 7.92. The first-order valence-corrected chi connectivity index (χ1v) is 13.5. The van der Waals surface area contributed by atoms with Crippen molar-refractivity contribution >= 4 is 15.7 Å². The van der Waals surface area contributed by atoms with E-state index in [4.69, 9.17) is 14.9 Å². The number of nitrogens with one attached hydrogen (secondary N) is 1. The zero-order valence-electron chi connectivity index (χ0n) is 21.0. The first-order valence-electron chi connectivity index (χ1n) is 11.9. The average Bonchev–Trinajstić information content (AvgIpc) is 3.22. The molecule has 4 rings (SSSR count). The second-order valence-corrected chi connectivity index (χ2v) is 12.1. The van der Waals surface area contributed by atoms with Crippen LogP contribution in [0.5, 0.6) is 0 Å². The highest BCUT2D eigenvalue weighted by Gasteiger charge is 2.48. The molecule has 2 N–H and O–H groups in total. The molecule has 202 valence electrons. The molecule has 0 unspecified atom stereocenters. The quantitative estimate of drug-likeness (QED) is 0.570. The van der Waals surface area contributed by atoms with Gasteiger partial charge in [0.25, 0.3) is 0 Å². The van der Waals surface area contributed by atoms with Gasteiger partial charge in [-0.15, -0.1) is 0 Å². The Balaban J connectivity index is 0.000000886. The Kier molecular flexibility index (Phi) is 8.10. The Bertz CT molecular complexity index is 1290. The van der Waals surface area contributed by atoms with Gasteiger partial charge in [0, 0.05) is 17.6 Å². The Morgan fingerprint density at radius 2 is 1.89 bits per heavy atom. The molecule has 12 heteroatoms. The van der Waals surface area contributed by atoms with E-state index in [0.29, 0.717) is 29.9 Å². The number of alkyl halides is 3. The summed E-state index contributed by atoms with van der Waals surface area (Å²) >= 11 is 0. The number of nitriles is 1. The summed E-state index contributed by atoms with van der Waals surface area (Å²) in [5, 5.41) is 22.5. The number of hydrogen-bond acceptors (Lipinski definition) is 7. The van der Waals surface area contributed by atoms with Gasteiger partial charge in [0.05, 0.1) is 27.5 Å². The van der Waals surface area contributed by atoms with Crippen molar-refractivity contribution in [1.29, 1.82) is 5.26 Å². The van der Waals surface area contributed by atoms with Crippen LogP contribution >= 0.6 is 0 Å². The van der Waals surface area contributed by atoms with Crippen molar-refractivity contribution in [2.45, 2.75) is 87.8 Å². The van der Waals surface area contributed by atoms with E-state index in [0.717, 1.165) is 12.1 Å². The molecule has 2 aliphatic carbocycles. The summed E-state index contributed by atoms with van der Waals surface area (Å²) in [6, 6.07) is 5.14. The van der Waals surface area contributed by atoms with Crippen LogP contribution in [0, 0.1) is 31.1 Å². The van der Waals surface area contributed by atoms with Crippen molar-refractivity contribution in [1.82, 2.24) is 10.5 Å². The third-order valence-electron chi connectivity index (χ3n) is 6.43. The Morgan fingerprint density at radius 3 is 2.38 bits per heavy atom. The van der Waals surface area contributed by atoms with Crippen LogP contribution in [0.1, 0.15) is 63.0 Å². The predicted molar refractivity (Wildman–Crippen MR) is 128 cm³/mol. The lowest BCUT2D eigenvalue weighted by atomic mass is 10.0. The number of sulfone groups is 1. The number of carbonyl (C=O) groups is 1. The number of hydrogen-bond donors (Lipinski definition) is 2.